The van der Waals surface area contributed by atoms with Gasteiger partial charge in [0, 0.05) is 31.6 Å². The van der Waals surface area contributed by atoms with Gasteiger partial charge in [0.05, 0.1) is 45.7 Å². The van der Waals surface area contributed by atoms with Crippen LogP contribution in [-0.4, -0.2) is 86.8 Å². The van der Waals surface area contributed by atoms with Crippen LogP contribution in [0.1, 0.15) is 35.5 Å². The fraction of sp³-hybridized carbons (Fsp3) is 0.400. The molecular formula is C30H34N2O8. The number of benzene rings is 2. The summed E-state index contributed by atoms with van der Waals surface area (Å²) in [4.78, 5) is 31.2. The molecule has 2 aliphatic heterocycles. The number of carbonyl (C=O) groups excluding carboxylic acids is 2. The second-order valence-electron chi connectivity index (χ2n) is 9.63. The molecule has 40 heavy (non-hydrogen) atoms. The maximum Gasteiger partial charge on any atom is 0.290 e. The van der Waals surface area contributed by atoms with Crippen molar-refractivity contribution in [2.24, 2.45) is 0 Å². The van der Waals surface area contributed by atoms with E-state index in [0.717, 1.165) is 19.6 Å². The van der Waals surface area contributed by atoms with Crippen molar-refractivity contribution in [3.63, 3.8) is 0 Å². The number of fused-ring (bicyclic) bond motifs is 1. The monoisotopic (exact) mass is 550 g/mol. The normalized spacial score (nSPS) is 18.0. The highest BCUT2D eigenvalue weighted by atomic mass is 16.5. The number of hydrogen-bond acceptors (Lipinski definition) is 9. The van der Waals surface area contributed by atoms with Gasteiger partial charge in [-0.3, -0.25) is 14.5 Å². The molecule has 1 amide bonds. The highest BCUT2D eigenvalue weighted by Crippen LogP contribution is 2.42. The van der Waals surface area contributed by atoms with Crippen molar-refractivity contribution in [3.8, 4) is 17.2 Å². The molecule has 3 aromatic rings. The van der Waals surface area contributed by atoms with Crippen LogP contribution in [0.5, 0.6) is 17.2 Å². The molecule has 1 atom stereocenters. The Morgan fingerprint density at radius 2 is 1.80 bits per heavy atom. The number of carbonyl (C=O) groups is 2. The molecule has 0 aliphatic carbocycles. The van der Waals surface area contributed by atoms with Gasteiger partial charge in [-0.1, -0.05) is 18.2 Å². The average molecular weight is 551 g/mol. The van der Waals surface area contributed by atoms with Crippen molar-refractivity contribution < 1.29 is 38.1 Å². The van der Waals surface area contributed by atoms with Crippen LogP contribution in [0.15, 0.2) is 58.2 Å². The summed E-state index contributed by atoms with van der Waals surface area (Å²) in [5.41, 5.74) is 0.987. The summed E-state index contributed by atoms with van der Waals surface area (Å²) in [7, 11) is 3.05. The van der Waals surface area contributed by atoms with Crippen LogP contribution < -0.4 is 14.2 Å². The second-order valence-corrected chi connectivity index (χ2v) is 9.63. The first-order valence-corrected chi connectivity index (χ1v) is 13.4. The Morgan fingerprint density at radius 3 is 2.52 bits per heavy atom. The summed E-state index contributed by atoms with van der Waals surface area (Å²) in [5, 5.41) is 11.8. The number of nitrogens with zero attached hydrogens (tertiary/aromatic N) is 2. The number of morpholine rings is 1. The number of hydrogen-bond donors (Lipinski definition) is 1. The second kappa shape index (κ2) is 12.0. The SMILES string of the molecule is CCOc1ccc(C2C(C(=O)c3cc4cccc(OC)c4o3)=C(O)C(=O)N2CCCN2CCOCC2)cc1OC. The summed E-state index contributed by atoms with van der Waals surface area (Å²) in [6, 6.07) is 11.4. The molecule has 212 valence electrons. The van der Waals surface area contributed by atoms with Gasteiger partial charge in [-0.2, -0.15) is 0 Å². The Hall–Kier alpha value is -4.02. The first-order valence-electron chi connectivity index (χ1n) is 13.4. The molecular weight excluding hydrogens is 516 g/mol. The van der Waals surface area contributed by atoms with E-state index in [1.807, 2.05) is 6.92 Å². The van der Waals surface area contributed by atoms with Gasteiger partial charge >= 0.3 is 0 Å². The summed E-state index contributed by atoms with van der Waals surface area (Å²) >= 11 is 0. The van der Waals surface area contributed by atoms with Crippen LogP contribution in [0.3, 0.4) is 0 Å². The zero-order valence-corrected chi connectivity index (χ0v) is 23.0. The van der Waals surface area contributed by atoms with Crippen LogP contribution >= 0.6 is 0 Å². The number of ketones is 1. The maximum absolute atomic E-state index is 13.9. The van der Waals surface area contributed by atoms with E-state index < -0.39 is 23.5 Å². The standard InChI is InChI=1S/C30H34N2O8/c1-4-39-21-10-9-19(17-23(21)37-3)26-25(27(33)24-18-20-7-5-8-22(36-2)29(20)40-24)28(34)30(35)32(26)12-6-11-31-13-15-38-16-14-31/h5,7-10,17-18,26,34H,4,6,11-16H2,1-3H3. The maximum atomic E-state index is 13.9. The van der Waals surface area contributed by atoms with Gasteiger partial charge in [0.2, 0.25) is 5.78 Å². The Labute approximate surface area is 232 Å². The molecule has 1 unspecified atom stereocenters. The largest absolute Gasteiger partial charge is 0.503 e. The average Bonchev–Trinajstić information content (AvgIpc) is 3.53. The van der Waals surface area contributed by atoms with Gasteiger partial charge in [-0.15, -0.1) is 0 Å². The van der Waals surface area contributed by atoms with Crippen molar-refractivity contribution in [2.75, 3.05) is 60.2 Å². The fourth-order valence-electron chi connectivity index (χ4n) is 5.32. The van der Waals surface area contributed by atoms with E-state index in [2.05, 4.69) is 4.90 Å². The van der Waals surface area contributed by atoms with E-state index in [-0.39, 0.29) is 11.3 Å². The molecule has 2 aromatic carbocycles. The number of furan rings is 1. The molecule has 0 spiro atoms. The number of para-hydroxylation sites is 1. The molecule has 2 aliphatic rings. The lowest BCUT2D eigenvalue weighted by Crippen LogP contribution is -2.39. The van der Waals surface area contributed by atoms with E-state index in [0.29, 0.717) is 66.6 Å². The molecule has 1 saturated heterocycles. The van der Waals surface area contributed by atoms with Gasteiger partial charge in [0.15, 0.2) is 34.4 Å². The molecule has 10 nitrogen and oxygen atoms in total. The van der Waals surface area contributed by atoms with Crippen LogP contribution in [0.25, 0.3) is 11.0 Å². The Morgan fingerprint density at radius 1 is 1.02 bits per heavy atom. The Kier molecular flexibility index (Phi) is 8.27. The van der Waals surface area contributed by atoms with E-state index >= 15 is 0 Å². The zero-order chi connectivity index (χ0) is 28.2. The molecule has 5 rings (SSSR count). The summed E-state index contributed by atoms with van der Waals surface area (Å²) in [6.07, 6.45) is 0.660. The predicted octanol–water partition coefficient (Wildman–Crippen LogP) is 4.15. The van der Waals surface area contributed by atoms with Gasteiger partial charge in [0.25, 0.3) is 5.91 Å². The van der Waals surface area contributed by atoms with Crippen molar-refractivity contribution in [1.29, 1.82) is 0 Å². The predicted molar refractivity (Wildman–Crippen MR) is 147 cm³/mol. The molecule has 3 heterocycles. The zero-order valence-electron chi connectivity index (χ0n) is 23.0. The minimum atomic E-state index is -0.843. The Bertz CT molecular complexity index is 1420. The van der Waals surface area contributed by atoms with Crippen LogP contribution in [0, 0.1) is 0 Å². The summed E-state index contributed by atoms with van der Waals surface area (Å²) in [5.74, 6) is -0.257. The van der Waals surface area contributed by atoms with Crippen LogP contribution in [0.2, 0.25) is 0 Å². The highest BCUT2D eigenvalue weighted by Gasteiger charge is 2.44. The summed E-state index contributed by atoms with van der Waals surface area (Å²) < 4.78 is 27.9. The lowest BCUT2D eigenvalue weighted by molar-refractivity contribution is -0.129. The third kappa shape index (κ3) is 5.24. The van der Waals surface area contributed by atoms with Crippen molar-refractivity contribution in [2.45, 2.75) is 19.4 Å². The quantitative estimate of drug-likeness (QED) is 0.352. The summed E-state index contributed by atoms with van der Waals surface area (Å²) in [6.45, 7) is 6.45. The van der Waals surface area contributed by atoms with Crippen LogP contribution in [-0.2, 0) is 9.53 Å². The molecule has 1 fully saturated rings. The number of aliphatic hydroxyl groups excluding tert-OH is 1. The Balaban J connectivity index is 1.51. The van der Waals surface area contributed by atoms with Crippen molar-refractivity contribution >= 4 is 22.7 Å². The lowest BCUT2D eigenvalue weighted by atomic mass is 9.94. The first kappa shape index (κ1) is 27.5. The lowest BCUT2D eigenvalue weighted by Gasteiger charge is -2.30. The molecule has 1 N–H and O–H groups in total. The molecule has 0 saturated carbocycles. The smallest absolute Gasteiger partial charge is 0.290 e. The van der Waals surface area contributed by atoms with E-state index in [9.17, 15) is 14.7 Å². The number of amides is 1. The number of methoxy groups -OCH3 is 2. The van der Waals surface area contributed by atoms with E-state index in [4.69, 9.17) is 23.4 Å². The molecule has 10 heteroatoms. The van der Waals surface area contributed by atoms with Gasteiger partial charge in [-0.05, 0) is 43.2 Å². The minimum Gasteiger partial charge on any atom is -0.503 e. The highest BCUT2D eigenvalue weighted by molar-refractivity contribution is 6.16. The first-order chi connectivity index (χ1) is 19.5. The van der Waals surface area contributed by atoms with E-state index in [1.165, 1.54) is 14.2 Å². The number of aliphatic hydroxyl groups is 1. The topological polar surface area (TPSA) is 111 Å². The van der Waals surface area contributed by atoms with Gasteiger partial charge < -0.3 is 33.4 Å². The fourth-order valence-corrected chi connectivity index (χ4v) is 5.32. The molecule has 0 radical (unpaired) electrons. The van der Waals surface area contributed by atoms with Gasteiger partial charge in [-0.25, -0.2) is 0 Å². The number of ether oxygens (including phenoxy) is 4. The third-order valence-electron chi connectivity index (χ3n) is 7.28. The van der Waals surface area contributed by atoms with Crippen molar-refractivity contribution in [1.82, 2.24) is 9.80 Å². The van der Waals surface area contributed by atoms with Crippen LogP contribution in [0.4, 0.5) is 0 Å². The number of rotatable bonds is 11. The van der Waals surface area contributed by atoms with Gasteiger partial charge in [0.1, 0.15) is 0 Å². The molecule has 0 bridgehead atoms. The van der Waals surface area contributed by atoms with E-state index in [1.54, 1.807) is 47.4 Å². The third-order valence-corrected chi connectivity index (χ3v) is 7.28. The molecule has 1 aromatic heterocycles. The minimum absolute atomic E-state index is 0.00641. The number of Topliss-reactive ketones (excluding diaryl/α,β-unsaturated/α-hetero) is 1. The van der Waals surface area contributed by atoms with Crippen molar-refractivity contribution in [3.05, 3.63) is 65.1 Å².